The lowest BCUT2D eigenvalue weighted by Crippen LogP contribution is -2.38. The Labute approximate surface area is 193 Å². The molecule has 4 rings (SSSR count). The number of nitriles is 1. The number of likely N-dealkylation sites (N-methyl/N-ethyl adjacent to an activating group) is 1. The van der Waals surface area contributed by atoms with Crippen LogP contribution in [0.5, 0.6) is 0 Å². The van der Waals surface area contributed by atoms with Gasteiger partial charge in [0, 0.05) is 27.6 Å². The van der Waals surface area contributed by atoms with Crippen LogP contribution in [-0.4, -0.2) is 24.5 Å². The van der Waals surface area contributed by atoms with Gasteiger partial charge < -0.3 is 10.5 Å². The molecular formula is C24H21Br2N3O. The first-order valence-electron chi connectivity index (χ1n) is 9.76. The summed E-state index contributed by atoms with van der Waals surface area (Å²) in [7, 11) is 0. The fraction of sp³-hybridized carbons (Fsp3) is 0.208. The molecule has 0 unspecified atom stereocenters. The summed E-state index contributed by atoms with van der Waals surface area (Å²) in [6.07, 6.45) is 2.14. The average molecular weight is 527 g/mol. The van der Waals surface area contributed by atoms with Gasteiger partial charge in [0.1, 0.15) is 17.4 Å². The fourth-order valence-electron chi connectivity index (χ4n) is 4.01. The van der Waals surface area contributed by atoms with E-state index in [4.69, 9.17) is 10.5 Å². The van der Waals surface area contributed by atoms with E-state index < -0.39 is 0 Å². The zero-order valence-electron chi connectivity index (χ0n) is 16.5. The quantitative estimate of drug-likeness (QED) is 0.557. The Hall–Kier alpha value is -2.33. The van der Waals surface area contributed by atoms with Gasteiger partial charge in [-0.15, -0.1) is 0 Å². The Kier molecular flexibility index (Phi) is 6.14. The molecule has 4 nitrogen and oxygen atoms in total. The van der Waals surface area contributed by atoms with Crippen molar-refractivity contribution in [3.8, 4) is 6.07 Å². The van der Waals surface area contributed by atoms with Gasteiger partial charge in [-0.1, -0.05) is 75.2 Å². The second-order valence-corrected chi connectivity index (χ2v) is 9.00. The molecule has 152 valence electrons. The van der Waals surface area contributed by atoms with Crippen molar-refractivity contribution in [1.82, 2.24) is 4.90 Å². The molecule has 30 heavy (non-hydrogen) atoms. The van der Waals surface area contributed by atoms with Crippen molar-refractivity contribution < 1.29 is 4.74 Å². The molecule has 0 aromatic heterocycles. The number of hydrogen-bond acceptors (Lipinski definition) is 4. The first kappa shape index (κ1) is 20.9. The van der Waals surface area contributed by atoms with Crippen molar-refractivity contribution >= 4 is 37.9 Å². The van der Waals surface area contributed by atoms with E-state index in [1.165, 1.54) is 0 Å². The normalized spacial score (nSPS) is 20.7. The number of halogens is 2. The molecule has 2 aromatic carbocycles. The summed E-state index contributed by atoms with van der Waals surface area (Å²) in [4.78, 5) is 2.35. The van der Waals surface area contributed by atoms with Crippen LogP contribution < -0.4 is 5.73 Å². The number of hydrogen-bond donors (Lipinski definition) is 1. The highest BCUT2D eigenvalue weighted by Gasteiger charge is 2.38. The predicted octanol–water partition coefficient (Wildman–Crippen LogP) is 5.69. The number of nitrogens with two attached hydrogens (primary N) is 1. The van der Waals surface area contributed by atoms with Gasteiger partial charge in [0.05, 0.1) is 5.92 Å². The van der Waals surface area contributed by atoms with Crippen molar-refractivity contribution in [3.05, 3.63) is 97.0 Å². The Balaban J connectivity index is 1.92. The molecule has 2 aliphatic rings. The van der Waals surface area contributed by atoms with Crippen LogP contribution >= 0.6 is 31.9 Å². The zero-order chi connectivity index (χ0) is 21.3. The lowest BCUT2D eigenvalue weighted by molar-refractivity contribution is 0.239. The van der Waals surface area contributed by atoms with Crippen molar-refractivity contribution in [2.24, 2.45) is 5.73 Å². The molecule has 2 aromatic rings. The molecule has 0 saturated heterocycles. The summed E-state index contributed by atoms with van der Waals surface area (Å²) in [5, 5.41) is 9.89. The standard InChI is InChI=1S/C24H21Br2N3O/c1-2-29-13-16(11-15-7-3-5-9-20(15)25)23-19(14-29)22(18(12-27)24(28)30-23)17-8-4-6-10-21(17)26/h3-11,22H,2,13-14,28H2,1H3/b16-11+/t22-/m1/s1. The molecule has 0 saturated carbocycles. The lowest BCUT2D eigenvalue weighted by Gasteiger charge is -2.38. The maximum Gasteiger partial charge on any atom is 0.205 e. The van der Waals surface area contributed by atoms with Gasteiger partial charge >= 0.3 is 0 Å². The lowest BCUT2D eigenvalue weighted by atomic mass is 9.80. The summed E-state index contributed by atoms with van der Waals surface area (Å²) in [6, 6.07) is 18.4. The van der Waals surface area contributed by atoms with Crippen molar-refractivity contribution in [2.45, 2.75) is 12.8 Å². The molecule has 0 amide bonds. The predicted molar refractivity (Wildman–Crippen MR) is 126 cm³/mol. The summed E-state index contributed by atoms with van der Waals surface area (Å²) < 4.78 is 8.07. The van der Waals surface area contributed by atoms with Crippen LogP contribution in [0, 0.1) is 11.3 Å². The fourth-order valence-corrected chi connectivity index (χ4v) is 4.92. The maximum atomic E-state index is 9.89. The summed E-state index contributed by atoms with van der Waals surface area (Å²) >= 11 is 7.30. The van der Waals surface area contributed by atoms with Gasteiger partial charge in [-0.2, -0.15) is 5.26 Å². The van der Waals surface area contributed by atoms with Crippen LogP contribution in [0.4, 0.5) is 0 Å². The molecule has 0 spiro atoms. The van der Waals surface area contributed by atoms with Gasteiger partial charge in [0.15, 0.2) is 0 Å². The van der Waals surface area contributed by atoms with Gasteiger partial charge in [-0.05, 0) is 41.5 Å². The first-order valence-corrected chi connectivity index (χ1v) is 11.3. The number of benzene rings is 2. The molecular weight excluding hydrogens is 506 g/mol. The Morgan fingerprint density at radius 2 is 1.83 bits per heavy atom. The van der Waals surface area contributed by atoms with Gasteiger partial charge in [-0.25, -0.2) is 0 Å². The molecule has 0 fully saturated rings. The monoisotopic (exact) mass is 525 g/mol. The van der Waals surface area contributed by atoms with Gasteiger partial charge in [0.2, 0.25) is 5.88 Å². The Bertz CT molecular complexity index is 1130. The second kappa shape index (κ2) is 8.81. The third-order valence-corrected chi connectivity index (χ3v) is 6.95. The maximum absolute atomic E-state index is 9.89. The van der Waals surface area contributed by atoms with E-state index >= 15 is 0 Å². The van der Waals surface area contributed by atoms with E-state index in [9.17, 15) is 5.26 Å². The largest absolute Gasteiger partial charge is 0.440 e. The minimum atomic E-state index is -0.244. The number of ether oxygens (including phenoxy) is 1. The SMILES string of the molecule is CCN1CC2=C(OC(N)=C(C#N)[C@H]2c2ccccc2Br)/C(=C/c2ccccc2Br)C1. The van der Waals surface area contributed by atoms with Gasteiger partial charge in [0.25, 0.3) is 0 Å². The average Bonchev–Trinajstić information content (AvgIpc) is 2.75. The molecule has 0 radical (unpaired) electrons. The van der Waals surface area contributed by atoms with E-state index in [0.717, 1.165) is 56.6 Å². The first-order chi connectivity index (χ1) is 14.5. The van der Waals surface area contributed by atoms with Crippen molar-refractivity contribution in [2.75, 3.05) is 19.6 Å². The zero-order valence-corrected chi connectivity index (χ0v) is 19.7. The highest BCUT2D eigenvalue weighted by molar-refractivity contribution is 9.10. The minimum absolute atomic E-state index is 0.181. The Morgan fingerprint density at radius 3 is 2.50 bits per heavy atom. The molecule has 6 heteroatoms. The minimum Gasteiger partial charge on any atom is -0.440 e. The Morgan fingerprint density at radius 1 is 1.13 bits per heavy atom. The van der Waals surface area contributed by atoms with Crippen LogP contribution in [0.1, 0.15) is 24.0 Å². The highest BCUT2D eigenvalue weighted by Crippen LogP contribution is 2.45. The van der Waals surface area contributed by atoms with E-state index in [0.29, 0.717) is 5.57 Å². The smallest absolute Gasteiger partial charge is 0.205 e. The van der Waals surface area contributed by atoms with Crippen LogP contribution in [0.15, 0.2) is 85.8 Å². The van der Waals surface area contributed by atoms with Crippen LogP contribution in [-0.2, 0) is 4.74 Å². The third-order valence-electron chi connectivity index (χ3n) is 5.50. The number of nitrogens with zero attached hydrogens (tertiary/aromatic N) is 2. The van der Waals surface area contributed by atoms with Crippen LogP contribution in [0.3, 0.4) is 0 Å². The summed E-state index contributed by atoms with van der Waals surface area (Å²) in [6.45, 7) is 4.53. The van der Waals surface area contributed by atoms with Crippen molar-refractivity contribution in [3.63, 3.8) is 0 Å². The molecule has 2 aliphatic heterocycles. The van der Waals surface area contributed by atoms with E-state index in [1.54, 1.807) is 0 Å². The summed E-state index contributed by atoms with van der Waals surface area (Å²) in [5.74, 6) is 0.721. The summed E-state index contributed by atoms with van der Waals surface area (Å²) in [5.41, 5.74) is 10.9. The van der Waals surface area contributed by atoms with Gasteiger partial charge in [-0.3, -0.25) is 4.90 Å². The number of rotatable bonds is 3. The third kappa shape index (κ3) is 3.85. The van der Waals surface area contributed by atoms with Crippen LogP contribution in [0.2, 0.25) is 0 Å². The molecule has 0 bridgehead atoms. The molecule has 2 heterocycles. The van der Waals surface area contributed by atoms with Crippen LogP contribution in [0.25, 0.3) is 6.08 Å². The van der Waals surface area contributed by atoms with E-state index in [-0.39, 0.29) is 11.8 Å². The molecule has 2 N–H and O–H groups in total. The molecule has 0 aliphatic carbocycles. The topological polar surface area (TPSA) is 62.3 Å². The number of allylic oxidation sites excluding steroid dienone is 1. The van der Waals surface area contributed by atoms with E-state index in [2.05, 4.69) is 61.9 Å². The highest BCUT2D eigenvalue weighted by atomic mass is 79.9. The van der Waals surface area contributed by atoms with Crippen molar-refractivity contribution in [1.29, 1.82) is 5.26 Å². The molecule has 1 atom stereocenters. The van der Waals surface area contributed by atoms with E-state index in [1.807, 2.05) is 42.5 Å². The second-order valence-electron chi connectivity index (χ2n) is 7.30.